The Kier molecular flexibility index (Phi) is 8.26. The lowest BCUT2D eigenvalue weighted by atomic mass is 9.97. The van der Waals surface area contributed by atoms with Crippen LogP contribution in [0.3, 0.4) is 0 Å². The molecule has 12 heteroatoms. The molecule has 272 valence electrons. The molecule has 5 aliphatic rings. The zero-order chi connectivity index (χ0) is 38.8. The smallest absolute Gasteiger partial charge is 0.187 e. The molecule has 9 rings (SSSR count). The molecule has 0 radical (unpaired) electrons. The number of hydrogen-bond donors (Lipinski definition) is 0. The van der Waals surface area contributed by atoms with Gasteiger partial charge in [0.25, 0.3) is 0 Å². The highest BCUT2D eigenvalue weighted by molar-refractivity contribution is 6.41. The molecular formula is C44H20F8N4. The van der Waals surface area contributed by atoms with Gasteiger partial charge in [-0.3, -0.25) is 0 Å². The monoisotopic (exact) mass is 756 g/mol. The molecule has 0 saturated carbocycles. The van der Waals surface area contributed by atoms with E-state index in [1.165, 1.54) is 97.1 Å². The molecule has 4 aromatic rings. The SMILES string of the molecule is FC1=C(F)C2=C(c3ccccc3)C3=NC(=C(c4ccccc4)C4=NC(=C(c5ccccc5)C5=NC(=C(c6ccccc6)C1=N2)C(F)=C5F)C(F)=C4F)C(F)=C3F. The van der Waals surface area contributed by atoms with Gasteiger partial charge in [-0.15, -0.1) is 0 Å². The van der Waals surface area contributed by atoms with Crippen molar-refractivity contribution in [2.24, 2.45) is 20.0 Å². The number of allylic oxidation sites excluding steroid dienone is 12. The molecule has 8 bridgehead atoms. The van der Waals surface area contributed by atoms with Gasteiger partial charge in [-0.2, -0.15) is 0 Å². The molecule has 0 unspecified atom stereocenters. The van der Waals surface area contributed by atoms with Crippen molar-refractivity contribution in [3.8, 4) is 0 Å². The van der Waals surface area contributed by atoms with Crippen molar-refractivity contribution in [1.82, 2.24) is 0 Å². The summed E-state index contributed by atoms with van der Waals surface area (Å²) < 4.78 is 132. The van der Waals surface area contributed by atoms with Gasteiger partial charge < -0.3 is 0 Å². The lowest BCUT2D eigenvalue weighted by Gasteiger charge is -2.12. The second-order valence-electron chi connectivity index (χ2n) is 12.7. The van der Waals surface area contributed by atoms with E-state index in [0.29, 0.717) is 0 Å². The summed E-state index contributed by atoms with van der Waals surface area (Å²) in [6, 6.07) is 29.3. The summed E-state index contributed by atoms with van der Waals surface area (Å²) in [6.45, 7) is 0. The van der Waals surface area contributed by atoms with Crippen LogP contribution in [0.25, 0.3) is 22.3 Å². The van der Waals surface area contributed by atoms with E-state index in [2.05, 4.69) is 20.0 Å². The van der Waals surface area contributed by atoms with E-state index < -0.39 is 115 Å². The van der Waals surface area contributed by atoms with E-state index in [4.69, 9.17) is 0 Å². The fraction of sp³-hybridized carbons (Fsp3) is 0. The van der Waals surface area contributed by atoms with Crippen LogP contribution in [0, 0.1) is 0 Å². The highest BCUT2D eigenvalue weighted by Crippen LogP contribution is 2.48. The van der Waals surface area contributed by atoms with Gasteiger partial charge in [0, 0.05) is 22.3 Å². The van der Waals surface area contributed by atoms with E-state index >= 15 is 35.1 Å². The van der Waals surface area contributed by atoms with E-state index in [0.717, 1.165) is 0 Å². The minimum atomic E-state index is -1.65. The first-order valence-corrected chi connectivity index (χ1v) is 16.9. The van der Waals surface area contributed by atoms with Gasteiger partial charge in [0.1, 0.15) is 45.6 Å². The summed E-state index contributed by atoms with van der Waals surface area (Å²) >= 11 is 0. The molecule has 4 nitrogen and oxygen atoms in total. The highest BCUT2D eigenvalue weighted by Gasteiger charge is 2.42. The van der Waals surface area contributed by atoms with Gasteiger partial charge in [-0.05, 0) is 22.3 Å². The Morgan fingerprint density at radius 1 is 0.232 bits per heavy atom. The summed E-state index contributed by atoms with van der Waals surface area (Å²) in [6.07, 6.45) is 0. The molecule has 0 amide bonds. The minimum Gasteiger partial charge on any atom is -0.241 e. The predicted molar refractivity (Wildman–Crippen MR) is 200 cm³/mol. The second kappa shape index (κ2) is 13.3. The standard InChI is InChI=1S/C44H20F8N4/c45-29-31(47)39-26(22-15-7-2-8-16-22)41-33(49)35(51)43(55-41)28(24-19-11-4-12-20-24)44-36(52)34(50)42(56-44)27(23-17-9-3-10-18-23)40-32(48)30(46)38(54-40)25(37(29)53-39)21-13-5-1-6-14-21/h1-20H. The lowest BCUT2D eigenvalue weighted by Crippen LogP contribution is -2.06. The number of nitrogens with zero attached hydrogens (tertiary/aromatic N) is 4. The average molecular weight is 757 g/mol. The minimum absolute atomic E-state index is 0.000959. The quantitative estimate of drug-likeness (QED) is 0.186. The second-order valence-corrected chi connectivity index (χ2v) is 12.7. The molecule has 0 atom stereocenters. The number of aliphatic imine (C=N–C) groups is 4. The van der Waals surface area contributed by atoms with E-state index in [1.807, 2.05) is 0 Å². The summed E-state index contributed by atoms with van der Waals surface area (Å²) in [7, 11) is 0. The van der Waals surface area contributed by atoms with Gasteiger partial charge in [-0.1, -0.05) is 121 Å². The molecule has 56 heavy (non-hydrogen) atoms. The Morgan fingerprint density at radius 2 is 0.411 bits per heavy atom. The Labute approximate surface area is 312 Å². The topological polar surface area (TPSA) is 49.4 Å². The third kappa shape index (κ3) is 5.28. The van der Waals surface area contributed by atoms with Gasteiger partial charge in [0.2, 0.25) is 0 Å². The van der Waals surface area contributed by atoms with Gasteiger partial charge in [-0.25, -0.2) is 55.1 Å². The van der Waals surface area contributed by atoms with Crippen LogP contribution in [0.15, 0.2) is 211 Å². The summed E-state index contributed by atoms with van der Waals surface area (Å²) in [5.74, 6) is -13.2. The fourth-order valence-electron chi connectivity index (χ4n) is 6.96. The van der Waals surface area contributed by atoms with Crippen LogP contribution in [0.1, 0.15) is 22.3 Å². The maximum Gasteiger partial charge on any atom is 0.187 e. The van der Waals surface area contributed by atoms with Crippen LogP contribution in [0.5, 0.6) is 0 Å². The molecule has 5 heterocycles. The Hall–Kier alpha value is -7.08. The molecule has 0 spiro atoms. The largest absolute Gasteiger partial charge is 0.241 e. The first-order valence-electron chi connectivity index (χ1n) is 16.9. The van der Waals surface area contributed by atoms with Crippen LogP contribution in [0.2, 0.25) is 0 Å². The fourth-order valence-corrected chi connectivity index (χ4v) is 6.96. The van der Waals surface area contributed by atoms with Crippen LogP contribution in [-0.4, -0.2) is 22.8 Å². The van der Waals surface area contributed by atoms with Crippen molar-refractivity contribution >= 4 is 45.1 Å². The van der Waals surface area contributed by atoms with Crippen molar-refractivity contribution in [1.29, 1.82) is 0 Å². The van der Waals surface area contributed by atoms with Crippen molar-refractivity contribution in [2.75, 3.05) is 0 Å². The Bertz CT molecular complexity index is 2430. The third-order valence-electron chi connectivity index (χ3n) is 9.47. The molecule has 0 saturated heterocycles. The average Bonchev–Trinajstić information content (AvgIpc) is 3.89. The summed E-state index contributed by atoms with van der Waals surface area (Å²) in [4.78, 5) is 16.9. The predicted octanol–water partition coefficient (Wildman–Crippen LogP) is 12.1. The normalized spacial score (nSPS) is 18.6. The number of rotatable bonds is 4. The van der Waals surface area contributed by atoms with Crippen molar-refractivity contribution < 1.29 is 35.1 Å². The van der Waals surface area contributed by atoms with Crippen LogP contribution in [-0.2, 0) is 0 Å². The number of fused-ring (bicyclic) bond motifs is 4. The Balaban J connectivity index is 1.51. The molecular weight excluding hydrogens is 736 g/mol. The zero-order valence-electron chi connectivity index (χ0n) is 28.4. The summed E-state index contributed by atoms with van der Waals surface area (Å²) in [5.41, 5.74) is -9.00. The number of hydrogen-bond acceptors (Lipinski definition) is 4. The Morgan fingerprint density at radius 3 is 0.589 bits per heavy atom. The lowest BCUT2D eigenvalue weighted by molar-refractivity contribution is 0.578. The van der Waals surface area contributed by atoms with Gasteiger partial charge >= 0.3 is 0 Å². The van der Waals surface area contributed by atoms with E-state index in [1.54, 1.807) is 24.3 Å². The molecule has 0 aromatic heterocycles. The first-order chi connectivity index (χ1) is 27.2. The molecule has 0 fully saturated rings. The molecule has 0 N–H and O–H groups in total. The number of benzene rings is 4. The van der Waals surface area contributed by atoms with Crippen molar-refractivity contribution in [3.05, 3.63) is 213 Å². The van der Waals surface area contributed by atoms with Crippen molar-refractivity contribution in [3.63, 3.8) is 0 Å². The van der Waals surface area contributed by atoms with Gasteiger partial charge in [0.15, 0.2) is 46.6 Å². The molecule has 4 aromatic carbocycles. The molecule has 0 aliphatic carbocycles. The van der Waals surface area contributed by atoms with E-state index in [-0.39, 0.29) is 22.3 Å². The van der Waals surface area contributed by atoms with Crippen LogP contribution >= 0.6 is 0 Å². The van der Waals surface area contributed by atoms with Crippen LogP contribution < -0.4 is 0 Å². The van der Waals surface area contributed by atoms with Crippen molar-refractivity contribution in [2.45, 2.75) is 0 Å². The zero-order valence-corrected chi connectivity index (χ0v) is 28.4. The maximum absolute atomic E-state index is 16.5. The summed E-state index contributed by atoms with van der Waals surface area (Å²) in [5, 5.41) is 0. The maximum atomic E-state index is 16.5. The number of halogens is 8. The van der Waals surface area contributed by atoms with Gasteiger partial charge in [0.05, 0.1) is 0 Å². The van der Waals surface area contributed by atoms with E-state index in [9.17, 15) is 0 Å². The molecule has 5 aliphatic heterocycles. The first kappa shape index (κ1) is 34.7. The van der Waals surface area contributed by atoms with Crippen LogP contribution in [0.4, 0.5) is 35.1 Å². The highest BCUT2D eigenvalue weighted by atomic mass is 19.2. The third-order valence-corrected chi connectivity index (χ3v) is 9.47.